The minimum absolute atomic E-state index is 0.123. The molecule has 0 radical (unpaired) electrons. The van der Waals surface area contributed by atoms with Crippen molar-refractivity contribution in [2.24, 2.45) is 5.92 Å². The van der Waals surface area contributed by atoms with E-state index >= 15 is 0 Å². The second-order valence-corrected chi connectivity index (χ2v) is 5.42. The lowest BCUT2D eigenvalue weighted by Gasteiger charge is -2.35. The molecule has 0 spiro atoms. The van der Waals surface area contributed by atoms with Crippen LogP contribution in [0.5, 0.6) is 0 Å². The molecule has 1 N–H and O–H groups in total. The Balaban J connectivity index is 1.59. The Kier molecular flexibility index (Phi) is 4.62. The Bertz CT molecular complexity index is 206. The largest absolute Gasteiger partial charge is 0.391 e. The van der Waals surface area contributed by atoms with Crippen molar-refractivity contribution in [3.63, 3.8) is 0 Å². The maximum absolute atomic E-state index is 9.91. The molecule has 0 heterocycles. The molecule has 0 aromatic carbocycles. The van der Waals surface area contributed by atoms with Crippen LogP contribution in [0, 0.1) is 5.92 Å². The van der Waals surface area contributed by atoms with Gasteiger partial charge in [0.05, 0.1) is 12.7 Å². The van der Waals surface area contributed by atoms with Gasteiger partial charge in [0.2, 0.25) is 0 Å². The van der Waals surface area contributed by atoms with Gasteiger partial charge >= 0.3 is 0 Å². The molecule has 0 amide bonds. The quantitative estimate of drug-likeness (QED) is 0.700. The summed E-state index contributed by atoms with van der Waals surface area (Å²) < 4.78 is 5.63. The summed E-state index contributed by atoms with van der Waals surface area (Å²) in [5.74, 6) is 0.852. The summed E-state index contributed by atoms with van der Waals surface area (Å²) >= 11 is 0. The van der Waals surface area contributed by atoms with Gasteiger partial charge < -0.3 is 9.84 Å². The lowest BCUT2D eigenvalue weighted by atomic mass is 9.92. The first kappa shape index (κ1) is 12.3. The van der Waals surface area contributed by atoms with Crippen molar-refractivity contribution < 1.29 is 9.84 Å². The lowest BCUT2D eigenvalue weighted by Crippen LogP contribution is -2.44. The number of hydrogen-bond acceptors (Lipinski definition) is 3. The zero-order valence-corrected chi connectivity index (χ0v) is 10.4. The van der Waals surface area contributed by atoms with Gasteiger partial charge in [0.15, 0.2) is 0 Å². The van der Waals surface area contributed by atoms with Crippen molar-refractivity contribution in [3.05, 3.63) is 0 Å². The number of aliphatic hydroxyl groups is 1. The molecule has 3 heteroatoms. The van der Waals surface area contributed by atoms with Gasteiger partial charge in [-0.25, -0.2) is 0 Å². The van der Waals surface area contributed by atoms with Crippen LogP contribution in [0.2, 0.25) is 0 Å². The molecule has 2 unspecified atom stereocenters. The third kappa shape index (κ3) is 3.72. The number of aliphatic hydroxyl groups excluding tert-OH is 1. The number of rotatable bonds is 6. The van der Waals surface area contributed by atoms with Gasteiger partial charge in [-0.05, 0) is 38.6 Å². The van der Waals surface area contributed by atoms with Crippen molar-refractivity contribution in [1.29, 1.82) is 0 Å². The standard InChI is InChI=1S/C13H25NO2/c1-14(8-9-16-10-11-6-7-11)12-4-2-3-5-13(12)15/h11-13,15H,2-10H2,1H3. The van der Waals surface area contributed by atoms with E-state index in [2.05, 4.69) is 11.9 Å². The fraction of sp³-hybridized carbons (Fsp3) is 1.00. The Morgan fingerprint density at radius 2 is 1.94 bits per heavy atom. The summed E-state index contributed by atoms with van der Waals surface area (Å²) in [5, 5.41) is 9.91. The molecule has 0 saturated heterocycles. The maximum Gasteiger partial charge on any atom is 0.0695 e. The SMILES string of the molecule is CN(CCOCC1CC1)C1CCCCC1O. The smallest absolute Gasteiger partial charge is 0.0695 e. The number of hydrogen-bond donors (Lipinski definition) is 1. The normalized spacial score (nSPS) is 30.9. The van der Waals surface area contributed by atoms with E-state index in [1.165, 1.54) is 25.7 Å². The second kappa shape index (κ2) is 5.99. The van der Waals surface area contributed by atoms with Crippen molar-refractivity contribution in [1.82, 2.24) is 4.90 Å². The van der Waals surface area contributed by atoms with Crippen LogP contribution in [0.25, 0.3) is 0 Å². The number of likely N-dealkylation sites (N-methyl/N-ethyl adjacent to an activating group) is 1. The van der Waals surface area contributed by atoms with E-state index in [0.717, 1.165) is 38.5 Å². The average molecular weight is 227 g/mol. The number of ether oxygens (including phenoxy) is 1. The predicted octanol–water partition coefficient (Wildman–Crippen LogP) is 1.65. The van der Waals surface area contributed by atoms with E-state index in [1.54, 1.807) is 0 Å². The van der Waals surface area contributed by atoms with Crippen LogP contribution in [-0.2, 0) is 4.74 Å². The molecule has 2 aliphatic rings. The molecule has 2 fully saturated rings. The minimum atomic E-state index is -0.123. The number of nitrogens with zero attached hydrogens (tertiary/aromatic N) is 1. The Labute approximate surface area is 98.8 Å². The van der Waals surface area contributed by atoms with Crippen LogP contribution in [0.3, 0.4) is 0 Å². The third-order valence-corrected chi connectivity index (χ3v) is 3.90. The van der Waals surface area contributed by atoms with E-state index in [9.17, 15) is 5.11 Å². The highest BCUT2D eigenvalue weighted by Gasteiger charge is 2.26. The van der Waals surface area contributed by atoms with Crippen LogP contribution in [0.4, 0.5) is 0 Å². The molecule has 16 heavy (non-hydrogen) atoms. The summed E-state index contributed by atoms with van der Waals surface area (Å²) in [7, 11) is 2.11. The van der Waals surface area contributed by atoms with Crippen molar-refractivity contribution in [3.8, 4) is 0 Å². The first-order valence-corrected chi connectivity index (χ1v) is 6.73. The summed E-state index contributed by atoms with van der Waals surface area (Å²) in [5.41, 5.74) is 0. The van der Waals surface area contributed by atoms with E-state index < -0.39 is 0 Å². The molecule has 94 valence electrons. The highest BCUT2D eigenvalue weighted by atomic mass is 16.5. The molecule has 2 rings (SSSR count). The van der Waals surface area contributed by atoms with Crippen molar-refractivity contribution in [2.45, 2.75) is 50.7 Å². The molecular formula is C13H25NO2. The molecule has 2 atom stereocenters. The van der Waals surface area contributed by atoms with Gasteiger partial charge in [-0.3, -0.25) is 4.90 Å². The van der Waals surface area contributed by atoms with Gasteiger partial charge in [0.25, 0.3) is 0 Å². The molecule has 2 saturated carbocycles. The summed E-state index contributed by atoms with van der Waals surface area (Å²) in [6, 6.07) is 0.360. The Hall–Kier alpha value is -0.120. The molecule has 3 nitrogen and oxygen atoms in total. The van der Waals surface area contributed by atoms with Gasteiger partial charge in [0, 0.05) is 19.2 Å². The van der Waals surface area contributed by atoms with Crippen LogP contribution >= 0.6 is 0 Å². The predicted molar refractivity (Wildman–Crippen MR) is 64.4 cm³/mol. The van der Waals surface area contributed by atoms with Crippen LogP contribution in [0.15, 0.2) is 0 Å². The van der Waals surface area contributed by atoms with Gasteiger partial charge in [-0.1, -0.05) is 12.8 Å². The second-order valence-electron chi connectivity index (χ2n) is 5.42. The van der Waals surface area contributed by atoms with E-state index in [0.29, 0.717) is 6.04 Å². The molecule has 0 aromatic heterocycles. The fourth-order valence-electron chi connectivity index (χ4n) is 2.51. The zero-order valence-electron chi connectivity index (χ0n) is 10.4. The monoisotopic (exact) mass is 227 g/mol. The van der Waals surface area contributed by atoms with Gasteiger partial charge in [-0.2, -0.15) is 0 Å². The summed E-state index contributed by atoms with van der Waals surface area (Å²) in [6.45, 7) is 2.71. The average Bonchev–Trinajstić information content (AvgIpc) is 3.08. The maximum atomic E-state index is 9.91. The van der Waals surface area contributed by atoms with Crippen LogP contribution < -0.4 is 0 Å². The van der Waals surface area contributed by atoms with E-state index in [1.807, 2.05) is 0 Å². The summed E-state index contributed by atoms with van der Waals surface area (Å²) in [4.78, 5) is 2.27. The molecule has 0 aliphatic heterocycles. The molecular weight excluding hydrogens is 202 g/mol. The summed E-state index contributed by atoms with van der Waals surface area (Å²) in [6.07, 6.45) is 7.15. The first-order valence-electron chi connectivity index (χ1n) is 6.73. The highest BCUT2D eigenvalue weighted by molar-refractivity contribution is 4.81. The molecule has 0 bridgehead atoms. The minimum Gasteiger partial charge on any atom is -0.391 e. The Morgan fingerprint density at radius 1 is 1.19 bits per heavy atom. The molecule has 0 aromatic rings. The zero-order chi connectivity index (χ0) is 11.4. The van der Waals surface area contributed by atoms with E-state index in [4.69, 9.17) is 4.74 Å². The van der Waals surface area contributed by atoms with Crippen LogP contribution in [0.1, 0.15) is 38.5 Å². The molecule has 2 aliphatic carbocycles. The van der Waals surface area contributed by atoms with Crippen LogP contribution in [-0.4, -0.2) is 49.0 Å². The fourth-order valence-corrected chi connectivity index (χ4v) is 2.51. The van der Waals surface area contributed by atoms with Gasteiger partial charge in [0.1, 0.15) is 0 Å². The Morgan fingerprint density at radius 3 is 2.62 bits per heavy atom. The van der Waals surface area contributed by atoms with E-state index in [-0.39, 0.29) is 6.10 Å². The first-order chi connectivity index (χ1) is 7.77. The van der Waals surface area contributed by atoms with Crippen molar-refractivity contribution in [2.75, 3.05) is 26.8 Å². The van der Waals surface area contributed by atoms with Gasteiger partial charge in [-0.15, -0.1) is 0 Å². The third-order valence-electron chi connectivity index (χ3n) is 3.90. The highest BCUT2D eigenvalue weighted by Crippen LogP contribution is 2.28. The van der Waals surface area contributed by atoms with Crippen molar-refractivity contribution >= 4 is 0 Å². The topological polar surface area (TPSA) is 32.7 Å². The lowest BCUT2D eigenvalue weighted by molar-refractivity contribution is 0.0156.